The summed E-state index contributed by atoms with van der Waals surface area (Å²) in [6, 6.07) is 5.07. The van der Waals surface area contributed by atoms with Gasteiger partial charge < -0.3 is 4.74 Å². The molecule has 0 bridgehead atoms. The fraction of sp³-hybridized carbons (Fsp3) is 0.300. The van der Waals surface area contributed by atoms with E-state index >= 15 is 0 Å². The Balaban J connectivity index is 2.35. The van der Waals surface area contributed by atoms with Crippen LogP contribution in [-0.4, -0.2) is 11.3 Å². The van der Waals surface area contributed by atoms with Crippen molar-refractivity contribution in [1.29, 1.82) is 0 Å². The van der Waals surface area contributed by atoms with Gasteiger partial charge in [-0.2, -0.15) is 0 Å². The highest BCUT2D eigenvalue weighted by molar-refractivity contribution is 6.69. The van der Waals surface area contributed by atoms with Crippen LogP contribution in [0.2, 0.25) is 5.02 Å². The molecule has 0 unspecified atom stereocenters. The molecular formula is C10H8Cl2O2. The highest BCUT2D eigenvalue weighted by Crippen LogP contribution is 2.33. The van der Waals surface area contributed by atoms with E-state index in [1.165, 1.54) is 0 Å². The third kappa shape index (κ3) is 2.02. The Labute approximate surface area is 91.8 Å². The molecule has 0 aliphatic heterocycles. The normalized spacial score (nSPS) is 15.3. The first-order valence-electron chi connectivity index (χ1n) is 4.33. The number of ether oxygens (including phenoxy) is 1. The largest absolute Gasteiger partial charge is 0.490 e. The molecule has 1 aromatic rings. The summed E-state index contributed by atoms with van der Waals surface area (Å²) in [4.78, 5) is 11.1. The van der Waals surface area contributed by atoms with Crippen LogP contribution < -0.4 is 4.74 Å². The highest BCUT2D eigenvalue weighted by Gasteiger charge is 2.26. The van der Waals surface area contributed by atoms with Gasteiger partial charge in [0.15, 0.2) is 0 Å². The summed E-state index contributed by atoms with van der Waals surface area (Å²) in [7, 11) is 0. The average molecular weight is 231 g/mol. The van der Waals surface area contributed by atoms with E-state index in [9.17, 15) is 4.79 Å². The lowest BCUT2D eigenvalue weighted by Crippen LogP contribution is -2.02. The van der Waals surface area contributed by atoms with Crippen molar-refractivity contribution < 1.29 is 9.53 Å². The average Bonchev–Trinajstić information content (AvgIpc) is 2.87. The zero-order valence-corrected chi connectivity index (χ0v) is 8.81. The molecule has 0 atom stereocenters. The van der Waals surface area contributed by atoms with Crippen LogP contribution in [0.4, 0.5) is 0 Å². The molecule has 1 aliphatic carbocycles. The number of halogens is 2. The van der Waals surface area contributed by atoms with E-state index in [1.54, 1.807) is 18.2 Å². The Hall–Kier alpha value is -0.730. The number of hydrogen-bond acceptors (Lipinski definition) is 2. The third-order valence-electron chi connectivity index (χ3n) is 1.99. The Morgan fingerprint density at radius 3 is 2.71 bits per heavy atom. The second-order valence-corrected chi connectivity index (χ2v) is 3.95. The van der Waals surface area contributed by atoms with E-state index in [4.69, 9.17) is 27.9 Å². The quantitative estimate of drug-likeness (QED) is 0.746. The number of carbonyl (C=O) groups excluding carboxylic acids is 1. The van der Waals surface area contributed by atoms with Gasteiger partial charge in [0.2, 0.25) is 0 Å². The second-order valence-electron chi connectivity index (χ2n) is 3.20. The maximum Gasteiger partial charge on any atom is 0.257 e. The van der Waals surface area contributed by atoms with Crippen molar-refractivity contribution in [1.82, 2.24) is 0 Å². The number of carbonyl (C=O) groups is 1. The minimum absolute atomic E-state index is 0.225. The topological polar surface area (TPSA) is 26.3 Å². The molecule has 2 nitrogen and oxygen atoms in total. The van der Waals surface area contributed by atoms with Gasteiger partial charge in [-0.1, -0.05) is 17.7 Å². The van der Waals surface area contributed by atoms with E-state index in [0.717, 1.165) is 12.8 Å². The van der Waals surface area contributed by atoms with Crippen molar-refractivity contribution in [2.45, 2.75) is 18.9 Å². The second kappa shape index (κ2) is 3.79. The lowest BCUT2D eigenvalue weighted by Gasteiger charge is -2.08. The smallest absolute Gasteiger partial charge is 0.257 e. The predicted molar refractivity (Wildman–Crippen MR) is 55.3 cm³/mol. The fourth-order valence-corrected chi connectivity index (χ4v) is 1.65. The molecule has 74 valence electrons. The number of hydrogen-bond donors (Lipinski definition) is 0. The van der Waals surface area contributed by atoms with Gasteiger partial charge in [0.1, 0.15) is 5.75 Å². The summed E-state index contributed by atoms with van der Waals surface area (Å²) in [5.41, 5.74) is 0.266. The molecule has 1 aromatic carbocycles. The molecule has 0 N–H and O–H groups in total. The molecule has 1 fully saturated rings. The minimum atomic E-state index is -0.578. The Morgan fingerprint density at radius 1 is 1.43 bits per heavy atom. The molecule has 1 saturated carbocycles. The van der Waals surface area contributed by atoms with Crippen molar-refractivity contribution in [2.24, 2.45) is 0 Å². The predicted octanol–water partition coefficient (Wildman–Crippen LogP) is 3.26. The zero-order chi connectivity index (χ0) is 10.1. The number of benzene rings is 1. The van der Waals surface area contributed by atoms with Gasteiger partial charge >= 0.3 is 0 Å². The van der Waals surface area contributed by atoms with E-state index in [2.05, 4.69) is 0 Å². The lowest BCUT2D eigenvalue weighted by atomic mass is 10.2. The fourth-order valence-electron chi connectivity index (χ4n) is 1.16. The van der Waals surface area contributed by atoms with E-state index in [-0.39, 0.29) is 11.7 Å². The number of rotatable bonds is 3. The summed E-state index contributed by atoms with van der Waals surface area (Å²) in [5.74, 6) is 0.486. The first-order valence-corrected chi connectivity index (χ1v) is 5.09. The molecule has 14 heavy (non-hydrogen) atoms. The molecule has 0 saturated heterocycles. The maximum absolute atomic E-state index is 11.1. The Kier molecular flexibility index (Phi) is 2.66. The summed E-state index contributed by atoms with van der Waals surface area (Å²) in [5, 5.41) is -0.241. The van der Waals surface area contributed by atoms with Gasteiger partial charge in [0, 0.05) is 0 Å². The van der Waals surface area contributed by atoms with Crippen LogP contribution in [0.25, 0.3) is 0 Å². The van der Waals surface area contributed by atoms with Crippen molar-refractivity contribution in [3.63, 3.8) is 0 Å². The van der Waals surface area contributed by atoms with Crippen molar-refractivity contribution >= 4 is 28.4 Å². The van der Waals surface area contributed by atoms with Gasteiger partial charge in [0.25, 0.3) is 5.24 Å². The van der Waals surface area contributed by atoms with Gasteiger partial charge in [-0.3, -0.25) is 4.79 Å². The van der Waals surface area contributed by atoms with Gasteiger partial charge in [-0.15, -0.1) is 0 Å². The highest BCUT2D eigenvalue weighted by atomic mass is 35.5. The van der Waals surface area contributed by atoms with E-state index in [0.29, 0.717) is 10.8 Å². The molecule has 0 amide bonds. The zero-order valence-electron chi connectivity index (χ0n) is 7.30. The first-order chi connectivity index (χ1) is 6.68. The maximum atomic E-state index is 11.1. The van der Waals surface area contributed by atoms with Crippen LogP contribution in [0.3, 0.4) is 0 Å². The van der Waals surface area contributed by atoms with Crippen molar-refractivity contribution in [3.8, 4) is 5.75 Å². The van der Waals surface area contributed by atoms with Crippen molar-refractivity contribution in [2.75, 3.05) is 0 Å². The van der Waals surface area contributed by atoms with Gasteiger partial charge in [0.05, 0.1) is 16.7 Å². The first kappa shape index (κ1) is 9.81. The summed E-state index contributed by atoms with van der Waals surface area (Å²) < 4.78 is 5.51. The summed E-state index contributed by atoms with van der Waals surface area (Å²) in [6.45, 7) is 0. The molecule has 4 heteroatoms. The van der Waals surface area contributed by atoms with Crippen LogP contribution >= 0.6 is 23.2 Å². The van der Waals surface area contributed by atoms with Crippen molar-refractivity contribution in [3.05, 3.63) is 28.8 Å². The monoisotopic (exact) mass is 230 g/mol. The van der Waals surface area contributed by atoms with Crippen LogP contribution in [0.15, 0.2) is 18.2 Å². The van der Waals surface area contributed by atoms with Crippen LogP contribution in [0, 0.1) is 0 Å². The molecular weight excluding hydrogens is 223 g/mol. The van der Waals surface area contributed by atoms with Gasteiger partial charge in [-0.05, 0) is 36.6 Å². The molecule has 0 spiro atoms. The van der Waals surface area contributed by atoms with E-state index < -0.39 is 5.24 Å². The molecule has 1 aliphatic rings. The molecule has 0 radical (unpaired) electrons. The lowest BCUT2D eigenvalue weighted by molar-refractivity contribution is 0.107. The SMILES string of the molecule is O=C(Cl)c1c(Cl)cccc1OC1CC1. The summed E-state index contributed by atoms with van der Waals surface area (Å²) in [6.07, 6.45) is 2.29. The molecule has 0 heterocycles. The van der Waals surface area contributed by atoms with Crippen LogP contribution in [0.5, 0.6) is 5.75 Å². The standard InChI is InChI=1S/C10H8Cl2O2/c11-7-2-1-3-8(9(7)10(12)13)14-6-4-5-6/h1-3,6H,4-5H2. The molecule has 0 aromatic heterocycles. The van der Waals surface area contributed by atoms with Gasteiger partial charge in [-0.25, -0.2) is 0 Å². The van der Waals surface area contributed by atoms with Crippen LogP contribution in [-0.2, 0) is 0 Å². The van der Waals surface area contributed by atoms with Crippen LogP contribution in [0.1, 0.15) is 23.2 Å². The molecule has 2 rings (SSSR count). The summed E-state index contributed by atoms with van der Waals surface area (Å²) >= 11 is 11.3. The Morgan fingerprint density at radius 2 is 2.14 bits per heavy atom. The third-order valence-corrected chi connectivity index (χ3v) is 2.49. The van der Waals surface area contributed by atoms with E-state index in [1.807, 2.05) is 0 Å². The Bertz CT molecular complexity index is 372. The minimum Gasteiger partial charge on any atom is -0.490 e.